The third-order valence-electron chi connectivity index (χ3n) is 5.40. The topological polar surface area (TPSA) is 156 Å². The average molecular weight is 727 g/mol. The SMILES string of the molecule is CC(C)(C)OC(=O)C(OC[C@H]1O[C@H](O)[C@H](OC(C(=O)OC(C)(C)C)C(F)(F)F)[C@@H](OC(C(=O)OC(C)(C)C)C(F)(F)F)[C@@H]1O)C(F)(F)F. The molecular weight excluding hydrogens is 687 g/mol. The van der Waals surface area contributed by atoms with Crippen LogP contribution in [0.4, 0.5) is 39.5 Å². The highest BCUT2D eigenvalue weighted by Gasteiger charge is 2.59. The summed E-state index contributed by atoms with van der Waals surface area (Å²) in [6, 6.07) is 0. The molecule has 282 valence electrons. The van der Waals surface area contributed by atoms with E-state index >= 15 is 0 Å². The summed E-state index contributed by atoms with van der Waals surface area (Å²) in [6.07, 6.45) is -41.6. The second kappa shape index (κ2) is 15.2. The molecule has 0 spiro atoms. The summed E-state index contributed by atoms with van der Waals surface area (Å²) in [7, 11) is 0. The smallest absolute Gasteiger partial charge is 0.425 e. The van der Waals surface area contributed by atoms with Gasteiger partial charge in [0, 0.05) is 0 Å². The van der Waals surface area contributed by atoms with Crippen LogP contribution in [0.25, 0.3) is 0 Å². The number of aliphatic hydroxyl groups is 2. The molecule has 0 aromatic heterocycles. The molecule has 48 heavy (non-hydrogen) atoms. The molecule has 1 aliphatic rings. The minimum absolute atomic E-state index is 1.14. The summed E-state index contributed by atoms with van der Waals surface area (Å²) in [5.74, 6) is -6.34. The first-order valence-electron chi connectivity index (χ1n) is 14.0. The fraction of sp³-hybridized carbons (Fsp3) is 0.889. The summed E-state index contributed by atoms with van der Waals surface area (Å²) in [4.78, 5) is 37.1. The van der Waals surface area contributed by atoms with Crippen molar-refractivity contribution in [1.29, 1.82) is 0 Å². The summed E-state index contributed by atoms with van der Waals surface area (Å²) in [5, 5.41) is 21.5. The van der Waals surface area contributed by atoms with Gasteiger partial charge in [-0.15, -0.1) is 0 Å². The molecule has 1 heterocycles. The maximum atomic E-state index is 14.0. The van der Waals surface area contributed by atoms with Gasteiger partial charge in [-0.2, -0.15) is 39.5 Å². The van der Waals surface area contributed by atoms with Crippen molar-refractivity contribution < 1.29 is 97.3 Å². The molecule has 1 fully saturated rings. The van der Waals surface area contributed by atoms with E-state index in [0.29, 0.717) is 0 Å². The molecule has 1 saturated heterocycles. The van der Waals surface area contributed by atoms with Gasteiger partial charge in [-0.3, -0.25) is 0 Å². The van der Waals surface area contributed by atoms with Gasteiger partial charge in [0.15, 0.2) is 6.29 Å². The van der Waals surface area contributed by atoms with Gasteiger partial charge in [0.2, 0.25) is 0 Å². The molecule has 1 aliphatic heterocycles. The monoisotopic (exact) mass is 726 g/mol. The van der Waals surface area contributed by atoms with E-state index in [1.54, 1.807) is 0 Å². The highest BCUT2D eigenvalue weighted by molar-refractivity contribution is 5.77. The zero-order valence-electron chi connectivity index (χ0n) is 27.2. The Morgan fingerprint density at radius 2 is 0.896 bits per heavy atom. The van der Waals surface area contributed by atoms with Gasteiger partial charge in [0.1, 0.15) is 41.2 Å². The van der Waals surface area contributed by atoms with Crippen molar-refractivity contribution in [3.05, 3.63) is 0 Å². The standard InChI is InChI=1S/C27H39F9O12/c1-22(2,3)46-19(39)15(25(28,29)30)42-10-11-12(37)13(44-16(26(31,32)33)20(40)47-23(4,5)6)14(18(38)43-11)45-17(27(34,35)36)21(41)48-24(7,8)9/h11-18,37-38H,10H2,1-9H3/t11-,12-,13+,14-,15?,16?,17?,18+/m1/s1. The molecule has 2 N–H and O–H groups in total. The highest BCUT2D eigenvalue weighted by atomic mass is 19.4. The molecule has 0 aliphatic carbocycles. The van der Waals surface area contributed by atoms with Crippen molar-refractivity contribution in [2.45, 2.75) is 147 Å². The number of carbonyl (C=O) groups is 3. The van der Waals surface area contributed by atoms with E-state index in [4.69, 9.17) is 4.74 Å². The van der Waals surface area contributed by atoms with Gasteiger partial charge in [0.05, 0.1) is 6.61 Å². The Bertz CT molecular complexity index is 1100. The first-order valence-corrected chi connectivity index (χ1v) is 14.0. The Morgan fingerprint density at radius 3 is 1.21 bits per heavy atom. The number of carbonyl (C=O) groups excluding carboxylic acids is 3. The fourth-order valence-electron chi connectivity index (χ4n) is 3.75. The van der Waals surface area contributed by atoms with E-state index in [9.17, 15) is 64.1 Å². The lowest BCUT2D eigenvalue weighted by Crippen LogP contribution is -2.64. The number of rotatable bonds is 10. The third-order valence-corrected chi connectivity index (χ3v) is 5.40. The molecule has 0 radical (unpaired) electrons. The van der Waals surface area contributed by atoms with Gasteiger partial charge in [0.25, 0.3) is 18.3 Å². The number of aliphatic hydroxyl groups excluding tert-OH is 2. The molecule has 1 rings (SSSR count). The van der Waals surface area contributed by atoms with Gasteiger partial charge in [-0.25, -0.2) is 14.4 Å². The van der Waals surface area contributed by atoms with Crippen molar-refractivity contribution in [1.82, 2.24) is 0 Å². The van der Waals surface area contributed by atoms with E-state index in [2.05, 4.69) is 28.4 Å². The Morgan fingerprint density at radius 1 is 0.583 bits per heavy atom. The second-order valence-electron chi connectivity index (χ2n) is 13.5. The zero-order chi connectivity index (χ0) is 38.0. The molecule has 0 saturated carbocycles. The average Bonchev–Trinajstić information content (AvgIpc) is 2.78. The molecule has 0 amide bonds. The Labute approximate surface area is 269 Å². The van der Waals surface area contributed by atoms with Crippen LogP contribution in [0.1, 0.15) is 62.3 Å². The van der Waals surface area contributed by atoms with E-state index < -0.39 is 109 Å². The number of hydrogen-bond acceptors (Lipinski definition) is 12. The van der Waals surface area contributed by atoms with Gasteiger partial charge >= 0.3 is 36.4 Å². The van der Waals surface area contributed by atoms with Crippen LogP contribution in [0, 0.1) is 0 Å². The lowest BCUT2D eigenvalue weighted by molar-refractivity contribution is -0.349. The third kappa shape index (κ3) is 13.8. The molecule has 0 bridgehead atoms. The molecule has 21 heteroatoms. The zero-order valence-corrected chi connectivity index (χ0v) is 27.2. The van der Waals surface area contributed by atoms with Crippen LogP contribution in [-0.2, 0) is 47.5 Å². The van der Waals surface area contributed by atoms with Crippen LogP contribution < -0.4 is 0 Å². The van der Waals surface area contributed by atoms with Crippen molar-refractivity contribution in [2.75, 3.05) is 6.61 Å². The highest BCUT2D eigenvalue weighted by Crippen LogP contribution is 2.36. The van der Waals surface area contributed by atoms with Crippen LogP contribution in [0.5, 0.6) is 0 Å². The second-order valence-corrected chi connectivity index (χ2v) is 13.5. The summed E-state index contributed by atoms with van der Waals surface area (Å²) < 4.78 is 157. The Hall–Kier alpha value is -2.46. The quantitative estimate of drug-likeness (QED) is 0.192. The fourth-order valence-corrected chi connectivity index (χ4v) is 3.75. The van der Waals surface area contributed by atoms with Gasteiger partial charge in [-0.05, 0) is 62.3 Å². The first-order chi connectivity index (χ1) is 21.1. The lowest BCUT2D eigenvalue weighted by Gasteiger charge is -2.44. The minimum Gasteiger partial charge on any atom is -0.458 e. The number of ether oxygens (including phenoxy) is 7. The van der Waals surface area contributed by atoms with Crippen LogP contribution >= 0.6 is 0 Å². The maximum Gasteiger partial charge on any atom is 0.425 e. The van der Waals surface area contributed by atoms with Crippen LogP contribution in [-0.4, -0.2) is 119 Å². The first kappa shape index (κ1) is 43.6. The maximum absolute atomic E-state index is 14.0. The van der Waals surface area contributed by atoms with E-state index in [0.717, 1.165) is 41.5 Å². The lowest BCUT2D eigenvalue weighted by atomic mass is 9.98. The predicted octanol–water partition coefficient (Wildman–Crippen LogP) is 3.67. The van der Waals surface area contributed by atoms with Crippen LogP contribution in [0.3, 0.4) is 0 Å². The molecule has 8 atom stereocenters. The molecule has 3 unspecified atom stereocenters. The molecular formula is C27H39F9O12. The number of esters is 3. The van der Waals surface area contributed by atoms with Crippen molar-refractivity contribution in [3.8, 4) is 0 Å². The number of halogens is 9. The van der Waals surface area contributed by atoms with E-state index in [1.165, 1.54) is 20.8 Å². The largest absolute Gasteiger partial charge is 0.458 e. The van der Waals surface area contributed by atoms with Crippen molar-refractivity contribution in [2.24, 2.45) is 0 Å². The van der Waals surface area contributed by atoms with E-state index in [1.807, 2.05) is 0 Å². The van der Waals surface area contributed by atoms with Crippen molar-refractivity contribution >= 4 is 17.9 Å². The van der Waals surface area contributed by atoms with Crippen LogP contribution in [0.2, 0.25) is 0 Å². The van der Waals surface area contributed by atoms with Gasteiger partial charge in [-0.1, -0.05) is 0 Å². The number of alkyl halides is 9. The Kier molecular flexibility index (Phi) is 13.8. The minimum atomic E-state index is -5.71. The van der Waals surface area contributed by atoms with E-state index in [-0.39, 0.29) is 0 Å². The summed E-state index contributed by atoms with van der Waals surface area (Å²) >= 11 is 0. The Balaban J connectivity index is 3.63. The molecule has 12 nitrogen and oxygen atoms in total. The van der Waals surface area contributed by atoms with Crippen molar-refractivity contribution in [3.63, 3.8) is 0 Å². The number of hydrogen-bond donors (Lipinski definition) is 2. The predicted molar refractivity (Wildman–Crippen MR) is 140 cm³/mol. The summed E-state index contributed by atoms with van der Waals surface area (Å²) in [5.41, 5.74) is -4.65. The summed E-state index contributed by atoms with van der Waals surface area (Å²) in [6.45, 7) is 8.91. The molecule has 0 aromatic rings. The van der Waals surface area contributed by atoms with Crippen LogP contribution in [0.15, 0.2) is 0 Å². The van der Waals surface area contributed by atoms with Gasteiger partial charge < -0.3 is 43.4 Å². The molecule has 0 aromatic carbocycles. The normalized spacial score (nSPS) is 25.1.